The van der Waals surface area contributed by atoms with Gasteiger partial charge in [0.2, 0.25) is 5.91 Å². The third-order valence-corrected chi connectivity index (χ3v) is 5.95. The van der Waals surface area contributed by atoms with Gasteiger partial charge in [0, 0.05) is 51.1 Å². The molecule has 3 aromatic rings. The summed E-state index contributed by atoms with van der Waals surface area (Å²) in [5.41, 5.74) is 0.862. The first kappa shape index (κ1) is 24.2. The van der Waals surface area contributed by atoms with Gasteiger partial charge in [-0.25, -0.2) is 9.97 Å². The molecule has 4 rings (SSSR count). The van der Waals surface area contributed by atoms with Crippen molar-refractivity contribution in [3.05, 3.63) is 42.7 Å². The summed E-state index contributed by atoms with van der Waals surface area (Å²) >= 11 is 0. The lowest BCUT2D eigenvalue weighted by Gasteiger charge is -2.29. The molecule has 2 aromatic heterocycles. The third-order valence-electron chi connectivity index (χ3n) is 5.95. The highest BCUT2D eigenvalue weighted by Gasteiger charge is 2.18. The molecule has 1 aliphatic heterocycles. The zero-order valence-corrected chi connectivity index (χ0v) is 20.2. The smallest absolute Gasteiger partial charge is 0.221 e. The second-order valence-electron chi connectivity index (χ2n) is 9.11. The Morgan fingerprint density at radius 3 is 2.71 bits per heavy atom. The zero-order valence-electron chi connectivity index (χ0n) is 20.2. The fraction of sp³-hybridized carbons (Fsp3) is 0.500. The van der Waals surface area contributed by atoms with E-state index < -0.39 is 0 Å². The van der Waals surface area contributed by atoms with Crippen molar-refractivity contribution < 1.29 is 13.9 Å². The standard InChI is InChI=1S/C26H35N5O3/c1-20(2)19-27-24(32)10-13-31(12-6-11-30-14-17-33-18-15-30)26-21-7-3-4-8-22(21)28-25(29-26)23-9-5-16-34-23/h3-5,7-9,16,20H,6,10-15,17-19H2,1-2H3,(H,27,32). The molecule has 1 saturated heterocycles. The molecule has 0 unspecified atom stereocenters. The molecule has 0 radical (unpaired) electrons. The molecule has 1 aromatic carbocycles. The maximum absolute atomic E-state index is 12.5. The number of morpholine rings is 1. The Kier molecular flexibility index (Phi) is 8.49. The average Bonchev–Trinajstić information content (AvgIpc) is 3.40. The van der Waals surface area contributed by atoms with E-state index in [4.69, 9.17) is 19.1 Å². The van der Waals surface area contributed by atoms with Gasteiger partial charge in [-0.1, -0.05) is 26.0 Å². The second-order valence-corrected chi connectivity index (χ2v) is 9.11. The molecule has 0 aliphatic carbocycles. The molecule has 1 aliphatic rings. The summed E-state index contributed by atoms with van der Waals surface area (Å²) < 4.78 is 11.1. The number of furan rings is 1. The van der Waals surface area contributed by atoms with Crippen LogP contribution >= 0.6 is 0 Å². The predicted octanol–water partition coefficient (Wildman–Crippen LogP) is 3.58. The number of hydrogen-bond acceptors (Lipinski definition) is 7. The number of ether oxygens (including phenoxy) is 1. The number of anilines is 1. The molecule has 182 valence electrons. The van der Waals surface area contributed by atoms with Gasteiger partial charge in [-0.2, -0.15) is 0 Å². The Morgan fingerprint density at radius 2 is 1.94 bits per heavy atom. The molecule has 0 spiro atoms. The van der Waals surface area contributed by atoms with Crippen LogP contribution in [0.2, 0.25) is 0 Å². The Bertz CT molecular complexity index is 1050. The number of para-hydroxylation sites is 1. The first-order valence-electron chi connectivity index (χ1n) is 12.2. The van der Waals surface area contributed by atoms with E-state index in [-0.39, 0.29) is 5.91 Å². The molecule has 34 heavy (non-hydrogen) atoms. The molecule has 1 amide bonds. The van der Waals surface area contributed by atoms with E-state index in [1.165, 1.54) is 0 Å². The van der Waals surface area contributed by atoms with Crippen LogP contribution in [0.4, 0.5) is 5.82 Å². The summed E-state index contributed by atoms with van der Waals surface area (Å²) in [7, 11) is 0. The Labute approximate surface area is 201 Å². The van der Waals surface area contributed by atoms with E-state index in [0.29, 0.717) is 37.0 Å². The van der Waals surface area contributed by atoms with Crippen LogP contribution in [-0.4, -0.2) is 73.3 Å². The largest absolute Gasteiger partial charge is 0.461 e. The maximum atomic E-state index is 12.5. The predicted molar refractivity (Wildman–Crippen MR) is 134 cm³/mol. The first-order chi connectivity index (χ1) is 16.6. The van der Waals surface area contributed by atoms with E-state index in [0.717, 1.165) is 62.5 Å². The van der Waals surface area contributed by atoms with Gasteiger partial charge in [-0.05, 0) is 36.6 Å². The quantitative estimate of drug-likeness (QED) is 0.463. The van der Waals surface area contributed by atoms with Crippen LogP contribution in [-0.2, 0) is 9.53 Å². The number of nitrogens with one attached hydrogen (secondary N) is 1. The number of carbonyl (C=O) groups is 1. The van der Waals surface area contributed by atoms with Gasteiger partial charge in [0.05, 0.1) is 25.0 Å². The minimum Gasteiger partial charge on any atom is -0.461 e. The van der Waals surface area contributed by atoms with Crippen molar-refractivity contribution >= 4 is 22.6 Å². The van der Waals surface area contributed by atoms with Crippen LogP contribution in [0.25, 0.3) is 22.5 Å². The van der Waals surface area contributed by atoms with Crippen LogP contribution in [0, 0.1) is 5.92 Å². The summed E-state index contributed by atoms with van der Waals surface area (Å²) in [5, 5.41) is 4.01. The van der Waals surface area contributed by atoms with Crippen molar-refractivity contribution in [3.8, 4) is 11.6 Å². The number of rotatable bonds is 11. The summed E-state index contributed by atoms with van der Waals surface area (Å²) in [6.07, 6.45) is 3.02. The van der Waals surface area contributed by atoms with Crippen LogP contribution in [0.1, 0.15) is 26.7 Å². The number of aromatic nitrogens is 2. The van der Waals surface area contributed by atoms with Gasteiger partial charge in [-0.15, -0.1) is 0 Å². The van der Waals surface area contributed by atoms with Crippen molar-refractivity contribution in [1.82, 2.24) is 20.2 Å². The lowest BCUT2D eigenvalue weighted by Crippen LogP contribution is -2.39. The van der Waals surface area contributed by atoms with Gasteiger partial charge < -0.3 is 19.4 Å². The van der Waals surface area contributed by atoms with Gasteiger partial charge >= 0.3 is 0 Å². The SMILES string of the molecule is CC(C)CNC(=O)CCN(CCCN1CCOCC1)c1nc(-c2ccco2)nc2ccccc12. The normalized spacial score (nSPS) is 14.6. The Balaban J connectivity index is 1.56. The van der Waals surface area contributed by atoms with Crippen LogP contribution in [0.15, 0.2) is 47.1 Å². The molecule has 0 atom stereocenters. The van der Waals surface area contributed by atoms with Gasteiger partial charge in [-0.3, -0.25) is 9.69 Å². The molecule has 8 heteroatoms. The second kappa shape index (κ2) is 11.9. The van der Waals surface area contributed by atoms with Crippen LogP contribution in [0.3, 0.4) is 0 Å². The lowest BCUT2D eigenvalue weighted by atomic mass is 10.2. The minimum absolute atomic E-state index is 0.0662. The van der Waals surface area contributed by atoms with Crippen molar-refractivity contribution in [2.24, 2.45) is 5.92 Å². The number of benzene rings is 1. The number of amides is 1. The fourth-order valence-electron chi connectivity index (χ4n) is 4.09. The lowest BCUT2D eigenvalue weighted by molar-refractivity contribution is -0.121. The average molecular weight is 466 g/mol. The van der Waals surface area contributed by atoms with Crippen molar-refractivity contribution in [2.75, 3.05) is 57.4 Å². The molecule has 0 bridgehead atoms. The number of carbonyl (C=O) groups excluding carboxylic acids is 1. The van der Waals surface area contributed by atoms with Gasteiger partial charge in [0.1, 0.15) is 5.82 Å². The van der Waals surface area contributed by atoms with Gasteiger partial charge in [0.25, 0.3) is 0 Å². The molecule has 8 nitrogen and oxygen atoms in total. The van der Waals surface area contributed by atoms with E-state index in [1.54, 1.807) is 6.26 Å². The summed E-state index contributed by atoms with van der Waals surface area (Å²) in [4.78, 5) is 26.8. The first-order valence-corrected chi connectivity index (χ1v) is 12.2. The monoisotopic (exact) mass is 465 g/mol. The van der Waals surface area contributed by atoms with Crippen molar-refractivity contribution in [2.45, 2.75) is 26.7 Å². The van der Waals surface area contributed by atoms with Crippen LogP contribution < -0.4 is 10.2 Å². The third kappa shape index (κ3) is 6.55. The zero-order chi connectivity index (χ0) is 23.8. The molecule has 0 saturated carbocycles. The number of nitrogens with zero attached hydrogens (tertiary/aromatic N) is 4. The van der Waals surface area contributed by atoms with E-state index in [2.05, 4.69) is 29.0 Å². The van der Waals surface area contributed by atoms with Crippen molar-refractivity contribution in [1.29, 1.82) is 0 Å². The number of hydrogen-bond donors (Lipinski definition) is 1. The summed E-state index contributed by atoms with van der Waals surface area (Å²) in [5.74, 6) is 2.53. The molecular formula is C26H35N5O3. The highest BCUT2D eigenvalue weighted by Crippen LogP contribution is 2.28. The summed E-state index contributed by atoms with van der Waals surface area (Å²) in [6, 6.07) is 11.7. The van der Waals surface area contributed by atoms with E-state index in [9.17, 15) is 4.79 Å². The van der Waals surface area contributed by atoms with Crippen molar-refractivity contribution in [3.63, 3.8) is 0 Å². The topological polar surface area (TPSA) is 83.7 Å². The summed E-state index contributed by atoms with van der Waals surface area (Å²) in [6.45, 7) is 10.8. The molecular weight excluding hydrogens is 430 g/mol. The molecule has 3 heterocycles. The molecule has 1 N–H and O–H groups in total. The van der Waals surface area contributed by atoms with E-state index >= 15 is 0 Å². The highest BCUT2D eigenvalue weighted by atomic mass is 16.5. The maximum Gasteiger partial charge on any atom is 0.221 e. The highest BCUT2D eigenvalue weighted by molar-refractivity contribution is 5.91. The Hall–Kier alpha value is -2.97. The molecule has 1 fully saturated rings. The van der Waals surface area contributed by atoms with Gasteiger partial charge in [0.15, 0.2) is 11.6 Å². The van der Waals surface area contributed by atoms with Crippen LogP contribution in [0.5, 0.6) is 0 Å². The Morgan fingerprint density at radius 1 is 1.12 bits per heavy atom. The fourth-order valence-corrected chi connectivity index (χ4v) is 4.09. The number of fused-ring (bicyclic) bond motifs is 1. The van der Waals surface area contributed by atoms with E-state index in [1.807, 2.05) is 36.4 Å². The minimum atomic E-state index is 0.0662.